The van der Waals surface area contributed by atoms with Crippen LogP contribution in [0.15, 0.2) is 67.1 Å². The summed E-state index contributed by atoms with van der Waals surface area (Å²) < 4.78 is 28.8. The first-order valence-corrected chi connectivity index (χ1v) is 13.1. The first kappa shape index (κ1) is 23.6. The van der Waals surface area contributed by atoms with Gasteiger partial charge in [0, 0.05) is 53.3 Å². The number of H-pyrrole nitrogens is 2. The van der Waals surface area contributed by atoms with Crippen molar-refractivity contribution < 1.29 is 8.78 Å². The maximum absolute atomic E-state index is 15.3. The number of likely N-dealkylation sites (tertiary alicyclic amines) is 1. The Kier molecular flexibility index (Phi) is 5.85. The summed E-state index contributed by atoms with van der Waals surface area (Å²) in [6, 6.07) is 13.4. The van der Waals surface area contributed by atoms with E-state index in [4.69, 9.17) is 0 Å². The number of fused-ring (bicyclic) bond motifs is 2. The van der Waals surface area contributed by atoms with Crippen LogP contribution in [0.1, 0.15) is 24.8 Å². The van der Waals surface area contributed by atoms with Crippen LogP contribution in [0.3, 0.4) is 0 Å². The van der Waals surface area contributed by atoms with E-state index in [9.17, 15) is 4.39 Å². The first-order chi connectivity index (χ1) is 19.1. The molecule has 7 nitrogen and oxygen atoms in total. The van der Waals surface area contributed by atoms with Crippen molar-refractivity contribution in [2.75, 3.05) is 13.1 Å². The van der Waals surface area contributed by atoms with Gasteiger partial charge in [-0.25, -0.2) is 18.7 Å². The highest BCUT2D eigenvalue weighted by atomic mass is 19.1. The molecule has 1 aliphatic heterocycles. The zero-order valence-corrected chi connectivity index (χ0v) is 21.1. The van der Waals surface area contributed by atoms with E-state index in [0.29, 0.717) is 33.8 Å². The smallest absolute Gasteiger partial charge is 0.178 e. The Morgan fingerprint density at radius 3 is 2.56 bits per heavy atom. The van der Waals surface area contributed by atoms with Gasteiger partial charge in [0.15, 0.2) is 11.5 Å². The summed E-state index contributed by atoms with van der Waals surface area (Å²) in [6.45, 7) is 2.97. The number of aromatic nitrogens is 6. The Bertz CT molecular complexity index is 1800. The molecule has 0 bridgehead atoms. The van der Waals surface area contributed by atoms with Crippen LogP contribution in [0.2, 0.25) is 0 Å². The predicted molar refractivity (Wildman–Crippen MR) is 147 cm³/mol. The number of hydrogen-bond acceptors (Lipinski definition) is 5. The molecule has 0 spiro atoms. The number of rotatable bonds is 5. The van der Waals surface area contributed by atoms with Gasteiger partial charge in [0.2, 0.25) is 0 Å². The molecule has 194 valence electrons. The largest absolute Gasteiger partial charge is 0.335 e. The van der Waals surface area contributed by atoms with Crippen LogP contribution in [0.25, 0.3) is 55.8 Å². The number of halogens is 2. The molecule has 9 heteroatoms. The molecule has 1 aliphatic rings. The van der Waals surface area contributed by atoms with E-state index >= 15 is 4.39 Å². The zero-order valence-electron chi connectivity index (χ0n) is 21.1. The molecule has 2 N–H and O–H groups in total. The third-order valence-electron chi connectivity index (χ3n) is 7.38. The second-order valence-electron chi connectivity index (χ2n) is 10.0. The summed E-state index contributed by atoms with van der Waals surface area (Å²) in [4.78, 5) is 19.3. The molecule has 1 saturated heterocycles. The molecule has 7 rings (SSSR count). The molecule has 0 saturated carbocycles. The molecule has 1 fully saturated rings. The highest BCUT2D eigenvalue weighted by Gasteiger charge is 2.19. The second-order valence-corrected chi connectivity index (χ2v) is 10.0. The van der Waals surface area contributed by atoms with Crippen LogP contribution in [0, 0.1) is 11.6 Å². The Hall–Kier alpha value is -4.50. The van der Waals surface area contributed by atoms with Crippen molar-refractivity contribution in [2.45, 2.75) is 25.8 Å². The molecule has 0 amide bonds. The number of benzene rings is 2. The maximum atomic E-state index is 15.3. The van der Waals surface area contributed by atoms with Crippen molar-refractivity contribution in [1.82, 2.24) is 35.0 Å². The van der Waals surface area contributed by atoms with E-state index in [1.165, 1.54) is 37.5 Å². The Balaban J connectivity index is 1.28. The third-order valence-corrected chi connectivity index (χ3v) is 7.38. The molecule has 2 aromatic carbocycles. The SMILES string of the molecule is Fc1ccc(-c2ccnc3nc(-c4n[nH]c5cc(F)c(-c6cncc(CN7CCCCC7)c6)cc45)[nH]c23)cc1. The minimum atomic E-state index is -0.348. The number of hydrogen-bond donors (Lipinski definition) is 2. The standard InChI is InChI=1S/C30H25F2N7/c31-21-6-4-19(5-7-21)22-8-9-34-29-27(22)35-30(36-29)28-24-13-23(25(32)14-26(24)37-38-28)20-12-18(15-33-16-20)17-39-10-2-1-3-11-39/h4-9,12-16H,1-3,10-11,17H2,(H,37,38)(H,34,35,36). The van der Waals surface area contributed by atoms with Crippen LogP contribution in [-0.2, 0) is 6.54 Å². The number of nitrogens with zero attached hydrogens (tertiary/aromatic N) is 5. The zero-order chi connectivity index (χ0) is 26.3. The monoisotopic (exact) mass is 521 g/mol. The predicted octanol–water partition coefficient (Wildman–Crippen LogP) is 6.49. The maximum Gasteiger partial charge on any atom is 0.178 e. The van der Waals surface area contributed by atoms with Crippen molar-refractivity contribution in [2.24, 2.45) is 0 Å². The van der Waals surface area contributed by atoms with Gasteiger partial charge in [-0.15, -0.1) is 0 Å². The fourth-order valence-corrected chi connectivity index (χ4v) is 5.43. The molecular formula is C30H25F2N7. The summed E-state index contributed by atoms with van der Waals surface area (Å²) in [5.74, 6) is -0.139. The lowest BCUT2D eigenvalue weighted by Crippen LogP contribution is -2.29. The van der Waals surface area contributed by atoms with Crippen molar-refractivity contribution in [3.63, 3.8) is 0 Å². The fraction of sp³-hybridized carbons (Fsp3) is 0.200. The summed E-state index contributed by atoms with van der Waals surface area (Å²) in [5.41, 5.74) is 6.29. The van der Waals surface area contributed by atoms with E-state index in [1.54, 1.807) is 30.6 Å². The minimum absolute atomic E-state index is 0.299. The van der Waals surface area contributed by atoms with Gasteiger partial charge in [-0.3, -0.25) is 15.0 Å². The van der Waals surface area contributed by atoms with Gasteiger partial charge >= 0.3 is 0 Å². The van der Waals surface area contributed by atoms with Crippen molar-refractivity contribution >= 4 is 22.1 Å². The van der Waals surface area contributed by atoms with E-state index in [1.807, 2.05) is 18.3 Å². The lowest BCUT2D eigenvalue weighted by atomic mass is 10.0. The third kappa shape index (κ3) is 4.44. The Morgan fingerprint density at radius 2 is 1.72 bits per heavy atom. The highest BCUT2D eigenvalue weighted by Crippen LogP contribution is 2.34. The molecule has 0 aliphatic carbocycles. The van der Waals surface area contributed by atoms with Crippen molar-refractivity contribution in [3.8, 4) is 33.8 Å². The van der Waals surface area contributed by atoms with E-state index < -0.39 is 0 Å². The first-order valence-electron chi connectivity index (χ1n) is 13.1. The molecule has 0 atom stereocenters. The van der Waals surface area contributed by atoms with Crippen LogP contribution in [0.4, 0.5) is 8.78 Å². The Morgan fingerprint density at radius 1 is 0.872 bits per heavy atom. The van der Waals surface area contributed by atoms with E-state index in [-0.39, 0.29) is 11.6 Å². The topological polar surface area (TPSA) is 86.4 Å². The van der Waals surface area contributed by atoms with E-state index in [0.717, 1.165) is 47.3 Å². The van der Waals surface area contributed by atoms with Gasteiger partial charge in [0.25, 0.3) is 0 Å². The van der Waals surface area contributed by atoms with Crippen LogP contribution < -0.4 is 0 Å². The molecule has 0 unspecified atom stereocenters. The summed E-state index contributed by atoms with van der Waals surface area (Å²) in [7, 11) is 0. The Labute approximate surface area is 223 Å². The minimum Gasteiger partial charge on any atom is -0.335 e. The van der Waals surface area contributed by atoms with Gasteiger partial charge in [0.05, 0.1) is 11.0 Å². The van der Waals surface area contributed by atoms with Crippen LogP contribution >= 0.6 is 0 Å². The summed E-state index contributed by atoms with van der Waals surface area (Å²) >= 11 is 0. The summed E-state index contributed by atoms with van der Waals surface area (Å²) in [6.07, 6.45) is 8.93. The molecule has 4 aromatic heterocycles. The number of pyridine rings is 2. The number of piperidine rings is 1. The molecule has 0 radical (unpaired) electrons. The molecule has 39 heavy (non-hydrogen) atoms. The summed E-state index contributed by atoms with van der Waals surface area (Å²) in [5, 5.41) is 8.13. The molecule has 6 aromatic rings. The molecule has 5 heterocycles. The number of imidazole rings is 1. The average Bonchev–Trinajstić information content (AvgIpc) is 3.57. The normalized spacial score (nSPS) is 14.4. The van der Waals surface area contributed by atoms with Crippen LogP contribution in [0.5, 0.6) is 0 Å². The van der Waals surface area contributed by atoms with Gasteiger partial charge in [-0.1, -0.05) is 18.6 Å². The lowest BCUT2D eigenvalue weighted by molar-refractivity contribution is 0.220. The fourth-order valence-electron chi connectivity index (χ4n) is 5.43. The highest BCUT2D eigenvalue weighted by molar-refractivity contribution is 5.97. The van der Waals surface area contributed by atoms with Gasteiger partial charge in [0.1, 0.15) is 17.3 Å². The second kappa shape index (κ2) is 9.67. The average molecular weight is 522 g/mol. The quantitative estimate of drug-likeness (QED) is 0.271. The van der Waals surface area contributed by atoms with Gasteiger partial charge < -0.3 is 4.98 Å². The van der Waals surface area contributed by atoms with Crippen molar-refractivity contribution in [3.05, 3.63) is 84.3 Å². The van der Waals surface area contributed by atoms with Crippen LogP contribution in [-0.4, -0.2) is 48.1 Å². The van der Waals surface area contributed by atoms with Crippen molar-refractivity contribution in [1.29, 1.82) is 0 Å². The van der Waals surface area contributed by atoms with Gasteiger partial charge in [-0.05, 0) is 67.4 Å². The molecular weight excluding hydrogens is 496 g/mol. The number of nitrogens with one attached hydrogen (secondary N) is 2. The van der Waals surface area contributed by atoms with Gasteiger partial charge in [-0.2, -0.15) is 5.10 Å². The van der Waals surface area contributed by atoms with E-state index in [2.05, 4.69) is 35.0 Å². The number of aromatic amines is 2. The lowest BCUT2D eigenvalue weighted by Gasteiger charge is -2.26.